The molecule has 0 saturated carbocycles. The van der Waals surface area contributed by atoms with E-state index in [0.717, 1.165) is 19.0 Å². The molecule has 148 valence electrons. The quantitative estimate of drug-likeness (QED) is 0.717. The number of hydrogen-bond donors (Lipinski definition) is 1. The number of ether oxygens (including phenoxy) is 1. The van der Waals surface area contributed by atoms with Crippen LogP contribution in [-0.2, 0) is 16.1 Å². The Bertz CT molecular complexity index is 891. The highest BCUT2D eigenvalue weighted by atomic mass is 35.5. The molecule has 1 aliphatic rings. The van der Waals surface area contributed by atoms with Crippen LogP contribution >= 0.6 is 23.4 Å². The van der Waals surface area contributed by atoms with E-state index < -0.39 is 0 Å². The molecule has 1 aromatic heterocycles. The monoisotopic (exact) mass is 420 g/mol. The van der Waals surface area contributed by atoms with Crippen molar-refractivity contribution in [2.24, 2.45) is 0 Å². The van der Waals surface area contributed by atoms with Crippen LogP contribution in [0.4, 0.5) is 11.6 Å². The van der Waals surface area contributed by atoms with Crippen molar-refractivity contribution in [3.63, 3.8) is 0 Å². The smallest absolute Gasteiger partial charge is 0.237 e. The van der Waals surface area contributed by atoms with Gasteiger partial charge in [-0.3, -0.25) is 9.36 Å². The number of nitrogens with zero attached hydrogens (tertiary/aromatic N) is 5. The molecular weight excluding hydrogens is 400 g/mol. The highest BCUT2D eigenvalue weighted by molar-refractivity contribution is 8.00. The number of nitriles is 1. The first kappa shape index (κ1) is 20.5. The molecule has 1 atom stereocenters. The van der Waals surface area contributed by atoms with Gasteiger partial charge in [-0.15, -0.1) is 10.2 Å². The van der Waals surface area contributed by atoms with Crippen molar-refractivity contribution in [1.82, 2.24) is 14.8 Å². The SMILES string of the molecule is CCn1c(S[C@@H](C)C(=O)Nc2ccc(C#N)c(Cl)c2)nnc1N1CCOCC1. The van der Waals surface area contributed by atoms with Gasteiger partial charge < -0.3 is 15.0 Å². The largest absolute Gasteiger partial charge is 0.378 e. The summed E-state index contributed by atoms with van der Waals surface area (Å²) in [5, 5.41) is 21.0. The van der Waals surface area contributed by atoms with Gasteiger partial charge in [0.05, 0.1) is 29.0 Å². The summed E-state index contributed by atoms with van der Waals surface area (Å²) in [6, 6.07) is 6.80. The summed E-state index contributed by atoms with van der Waals surface area (Å²) in [4.78, 5) is 14.7. The number of nitrogens with one attached hydrogen (secondary N) is 1. The van der Waals surface area contributed by atoms with Crippen LogP contribution in [0.5, 0.6) is 0 Å². The number of carbonyl (C=O) groups is 1. The molecule has 0 bridgehead atoms. The van der Waals surface area contributed by atoms with Crippen molar-refractivity contribution in [2.45, 2.75) is 30.8 Å². The summed E-state index contributed by atoms with van der Waals surface area (Å²) >= 11 is 7.38. The lowest BCUT2D eigenvalue weighted by Gasteiger charge is -2.27. The number of benzene rings is 1. The van der Waals surface area contributed by atoms with E-state index in [0.29, 0.717) is 41.2 Å². The predicted molar refractivity (Wildman–Crippen MR) is 109 cm³/mol. The molecule has 2 heterocycles. The highest BCUT2D eigenvalue weighted by Crippen LogP contribution is 2.27. The molecule has 0 radical (unpaired) electrons. The fraction of sp³-hybridized carbons (Fsp3) is 0.444. The number of hydrogen-bond acceptors (Lipinski definition) is 7. The molecule has 1 saturated heterocycles. The Morgan fingerprint density at radius 2 is 2.18 bits per heavy atom. The number of amides is 1. The number of anilines is 2. The van der Waals surface area contributed by atoms with Crippen LogP contribution in [0.15, 0.2) is 23.4 Å². The topological polar surface area (TPSA) is 96.1 Å². The van der Waals surface area contributed by atoms with Gasteiger partial charge in [-0.2, -0.15) is 5.26 Å². The molecule has 1 aromatic carbocycles. The molecule has 1 fully saturated rings. The molecule has 28 heavy (non-hydrogen) atoms. The van der Waals surface area contributed by atoms with E-state index in [-0.39, 0.29) is 11.2 Å². The van der Waals surface area contributed by atoms with Crippen LogP contribution in [0.1, 0.15) is 19.4 Å². The summed E-state index contributed by atoms with van der Waals surface area (Å²) in [7, 11) is 0. The fourth-order valence-electron chi connectivity index (χ4n) is 2.78. The number of carbonyl (C=O) groups excluding carboxylic acids is 1. The van der Waals surface area contributed by atoms with Crippen LogP contribution in [0.2, 0.25) is 5.02 Å². The third kappa shape index (κ3) is 4.58. The molecule has 1 amide bonds. The van der Waals surface area contributed by atoms with Gasteiger partial charge in [0.1, 0.15) is 6.07 Å². The first-order valence-electron chi connectivity index (χ1n) is 8.96. The van der Waals surface area contributed by atoms with Crippen molar-refractivity contribution in [3.8, 4) is 6.07 Å². The molecule has 2 aromatic rings. The Hall–Kier alpha value is -2.28. The van der Waals surface area contributed by atoms with Crippen molar-refractivity contribution >= 4 is 40.9 Å². The van der Waals surface area contributed by atoms with Gasteiger partial charge in [0.15, 0.2) is 5.16 Å². The number of morpholine rings is 1. The van der Waals surface area contributed by atoms with Crippen molar-refractivity contribution < 1.29 is 9.53 Å². The zero-order chi connectivity index (χ0) is 20.1. The van der Waals surface area contributed by atoms with Gasteiger partial charge in [0.25, 0.3) is 0 Å². The first-order valence-corrected chi connectivity index (χ1v) is 10.2. The minimum Gasteiger partial charge on any atom is -0.378 e. The maximum absolute atomic E-state index is 12.6. The number of rotatable bonds is 6. The van der Waals surface area contributed by atoms with E-state index in [1.807, 2.05) is 24.5 Å². The summed E-state index contributed by atoms with van der Waals surface area (Å²) in [6.45, 7) is 7.45. The second-order valence-corrected chi connectivity index (χ2v) is 7.90. The van der Waals surface area contributed by atoms with E-state index in [4.69, 9.17) is 21.6 Å². The number of halogens is 1. The maximum Gasteiger partial charge on any atom is 0.237 e. The van der Waals surface area contributed by atoms with Crippen LogP contribution in [0.25, 0.3) is 0 Å². The average Bonchev–Trinajstić information content (AvgIpc) is 3.11. The van der Waals surface area contributed by atoms with Gasteiger partial charge in [0, 0.05) is 25.3 Å². The molecule has 10 heteroatoms. The summed E-state index contributed by atoms with van der Waals surface area (Å²) in [5.74, 6) is 0.629. The Kier molecular flexibility index (Phi) is 6.78. The van der Waals surface area contributed by atoms with Crippen LogP contribution in [0, 0.1) is 11.3 Å². The Balaban J connectivity index is 1.67. The van der Waals surface area contributed by atoms with Gasteiger partial charge >= 0.3 is 0 Å². The number of aromatic nitrogens is 3. The summed E-state index contributed by atoms with van der Waals surface area (Å²) in [5.41, 5.74) is 0.918. The van der Waals surface area contributed by atoms with Crippen LogP contribution in [0.3, 0.4) is 0 Å². The number of thioether (sulfide) groups is 1. The van der Waals surface area contributed by atoms with E-state index >= 15 is 0 Å². The minimum absolute atomic E-state index is 0.177. The lowest BCUT2D eigenvalue weighted by Crippen LogP contribution is -2.38. The average molecular weight is 421 g/mol. The van der Waals surface area contributed by atoms with E-state index in [9.17, 15) is 4.79 Å². The minimum atomic E-state index is -0.388. The third-order valence-corrected chi connectivity index (χ3v) is 5.71. The Labute approximate surface area is 172 Å². The second-order valence-electron chi connectivity index (χ2n) is 6.18. The molecule has 3 rings (SSSR count). The van der Waals surface area contributed by atoms with Gasteiger partial charge in [-0.05, 0) is 32.0 Å². The van der Waals surface area contributed by atoms with E-state index in [1.165, 1.54) is 11.8 Å². The lowest BCUT2D eigenvalue weighted by molar-refractivity contribution is -0.115. The van der Waals surface area contributed by atoms with Crippen LogP contribution in [-0.4, -0.2) is 52.2 Å². The van der Waals surface area contributed by atoms with E-state index in [1.54, 1.807) is 18.2 Å². The van der Waals surface area contributed by atoms with Gasteiger partial charge in [0.2, 0.25) is 11.9 Å². The standard InChI is InChI=1S/C18H21ClN6O2S/c1-3-25-17(24-6-8-27-9-7-24)22-23-18(25)28-12(2)16(26)21-14-5-4-13(11-20)15(19)10-14/h4-5,10,12H,3,6-9H2,1-2H3,(H,21,26)/t12-/m0/s1. The summed E-state index contributed by atoms with van der Waals surface area (Å²) < 4.78 is 7.40. The van der Waals surface area contributed by atoms with Crippen LogP contribution < -0.4 is 10.2 Å². The summed E-state index contributed by atoms with van der Waals surface area (Å²) in [6.07, 6.45) is 0. The fourth-order valence-corrected chi connectivity index (χ4v) is 3.91. The predicted octanol–water partition coefficient (Wildman–Crippen LogP) is 2.78. The molecule has 8 nitrogen and oxygen atoms in total. The van der Waals surface area contributed by atoms with Crippen molar-refractivity contribution in [2.75, 3.05) is 36.5 Å². The first-order chi connectivity index (χ1) is 13.5. The maximum atomic E-state index is 12.6. The Morgan fingerprint density at radius 3 is 2.82 bits per heavy atom. The molecule has 0 aliphatic carbocycles. The molecule has 1 N–H and O–H groups in total. The Morgan fingerprint density at radius 1 is 1.43 bits per heavy atom. The van der Waals surface area contributed by atoms with E-state index in [2.05, 4.69) is 20.4 Å². The zero-order valence-electron chi connectivity index (χ0n) is 15.7. The van der Waals surface area contributed by atoms with Crippen molar-refractivity contribution in [1.29, 1.82) is 5.26 Å². The lowest BCUT2D eigenvalue weighted by atomic mass is 10.2. The molecule has 1 aliphatic heterocycles. The normalized spacial score (nSPS) is 15.1. The second kappa shape index (κ2) is 9.28. The third-order valence-electron chi connectivity index (χ3n) is 4.32. The highest BCUT2D eigenvalue weighted by Gasteiger charge is 2.23. The molecular formula is C18H21ClN6O2S. The van der Waals surface area contributed by atoms with Crippen molar-refractivity contribution in [3.05, 3.63) is 28.8 Å². The molecule has 0 spiro atoms. The zero-order valence-corrected chi connectivity index (χ0v) is 17.3. The van der Waals surface area contributed by atoms with Gasteiger partial charge in [-0.1, -0.05) is 23.4 Å². The molecule has 0 unspecified atom stereocenters. The van der Waals surface area contributed by atoms with Gasteiger partial charge in [-0.25, -0.2) is 0 Å².